The van der Waals surface area contributed by atoms with Crippen LogP contribution in [-0.2, 0) is 24.7 Å². The van der Waals surface area contributed by atoms with Crippen LogP contribution < -0.4 is 4.90 Å². The molecule has 2 atom stereocenters. The Hall–Kier alpha value is -1.66. The molecule has 0 bridgehead atoms. The number of anilines is 1. The third-order valence-electron chi connectivity index (χ3n) is 4.49. The molecule has 6 heteroatoms. The largest absolute Gasteiger partial charge is 0.465 e. The van der Waals surface area contributed by atoms with E-state index in [4.69, 9.17) is 9.47 Å². The van der Waals surface area contributed by atoms with Crippen molar-refractivity contribution < 1.29 is 19.1 Å². The molecule has 1 spiro atoms. The lowest BCUT2D eigenvalue weighted by molar-refractivity contribution is -0.151. The van der Waals surface area contributed by atoms with Gasteiger partial charge in [0.25, 0.3) is 5.91 Å². The summed E-state index contributed by atoms with van der Waals surface area (Å²) in [7, 11) is 0. The predicted molar refractivity (Wildman–Crippen MR) is 93.7 cm³/mol. The molecule has 2 aliphatic rings. The molecule has 2 heterocycles. The van der Waals surface area contributed by atoms with Gasteiger partial charge in [0.2, 0.25) is 0 Å². The molecular formula is C18H20BrNO4. The highest BCUT2D eigenvalue weighted by Gasteiger charge is 2.56. The minimum absolute atomic E-state index is 0.113. The summed E-state index contributed by atoms with van der Waals surface area (Å²) in [5.41, 5.74) is 0.387. The molecule has 128 valence electrons. The van der Waals surface area contributed by atoms with E-state index in [1.165, 1.54) is 4.90 Å². The standard InChI is InChI=1S/C18H20BrNO4/c1-3-23-15(21)11-20-14-9-6-8-13(19)16(14)18(17(20)22)12(2)7-4-5-10-24-18/h4,6-9,12H,3,5,10-11H2,1-2H3/t12-,18+/m0/s1. The zero-order chi connectivity index (χ0) is 17.3. The van der Waals surface area contributed by atoms with E-state index < -0.39 is 11.6 Å². The Morgan fingerprint density at radius 1 is 1.50 bits per heavy atom. The van der Waals surface area contributed by atoms with Gasteiger partial charge in [-0.1, -0.05) is 41.1 Å². The van der Waals surface area contributed by atoms with Crippen molar-refractivity contribution in [1.82, 2.24) is 0 Å². The molecule has 0 saturated carbocycles. The maximum atomic E-state index is 13.3. The lowest BCUT2D eigenvalue weighted by Gasteiger charge is -2.32. The molecule has 0 N–H and O–H groups in total. The molecule has 2 aliphatic heterocycles. The summed E-state index contributed by atoms with van der Waals surface area (Å²) in [5.74, 6) is -0.778. The van der Waals surface area contributed by atoms with Crippen molar-refractivity contribution in [1.29, 1.82) is 0 Å². The molecule has 1 amide bonds. The van der Waals surface area contributed by atoms with E-state index in [1.54, 1.807) is 6.92 Å². The van der Waals surface area contributed by atoms with Crippen molar-refractivity contribution >= 4 is 33.5 Å². The van der Waals surface area contributed by atoms with Crippen LogP contribution in [0, 0.1) is 5.92 Å². The molecule has 3 rings (SSSR count). The van der Waals surface area contributed by atoms with E-state index in [9.17, 15) is 9.59 Å². The van der Waals surface area contributed by atoms with E-state index in [2.05, 4.69) is 15.9 Å². The quantitative estimate of drug-likeness (QED) is 0.584. The number of esters is 1. The first-order chi connectivity index (χ1) is 11.5. The van der Waals surface area contributed by atoms with Crippen molar-refractivity contribution in [2.75, 3.05) is 24.7 Å². The molecule has 0 unspecified atom stereocenters. The number of rotatable bonds is 3. The van der Waals surface area contributed by atoms with Crippen molar-refractivity contribution in [2.24, 2.45) is 5.92 Å². The van der Waals surface area contributed by atoms with Crippen LogP contribution in [0.25, 0.3) is 0 Å². The number of ether oxygens (including phenoxy) is 2. The number of carbonyl (C=O) groups is 2. The third-order valence-corrected chi connectivity index (χ3v) is 5.15. The highest BCUT2D eigenvalue weighted by Crippen LogP contribution is 2.51. The fourth-order valence-electron chi connectivity index (χ4n) is 3.43. The molecule has 0 fully saturated rings. The van der Waals surface area contributed by atoms with E-state index in [1.807, 2.05) is 37.3 Å². The van der Waals surface area contributed by atoms with Crippen LogP contribution in [0.5, 0.6) is 0 Å². The Bertz CT molecular complexity index is 702. The Kier molecular flexibility index (Phi) is 4.78. The highest BCUT2D eigenvalue weighted by molar-refractivity contribution is 9.10. The predicted octanol–water partition coefficient (Wildman–Crippen LogP) is 3.17. The summed E-state index contributed by atoms with van der Waals surface area (Å²) in [6.45, 7) is 4.35. The smallest absolute Gasteiger partial charge is 0.326 e. The van der Waals surface area contributed by atoms with Crippen LogP contribution in [0.2, 0.25) is 0 Å². The number of carbonyl (C=O) groups excluding carboxylic acids is 2. The van der Waals surface area contributed by atoms with Gasteiger partial charge in [0.15, 0.2) is 5.60 Å². The van der Waals surface area contributed by atoms with E-state index in [0.717, 1.165) is 16.5 Å². The number of hydrogen-bond acceptors (Lipinski definition) is 4. The fraction of sp³-hybridized carbons (Fsp3) is 0.444. The van der Waals surface area contributed by atoms with Crippen LogP contribution in [0.15, 0.2) is 34.8 Å². The highest BCUT2D eigenvalue weighted by atomic mass is 79.9. The number of nitrogens with zero attached hydrogens (tertiary/aromatic N) is 1. The SMILES string of the molecule is CCOC(=O)CN1C(=O)[C@]2(OCCC=C[C@@H]2C)c2c(Br)cccc21. The van der Waals surface area contributed by atoms with Crippen LogP contribution in [-0.4, -0.2) is 31.6 Å². The molecule has 0 aromatic heterocycles. The first-order valence-corrected chi connectivity index (χ1v) is 8.88. The summed E-state index contributed by atoms with van der Waals surface area (Å²) in [5, 5.41) is 0. The van der Waals surface area contributed by atoms with Gasteiger partial charge in [0.05, 0.1) is 18.9 Å². The zero-order valence-corrected chi connectivity index (χ0v) is 15.3. The van der Waals surface area contributed by atoms with Gasteiger partial charge < -0.3 is 9.47 Å². The van der Waals surface area contributed by atoms with Crippen molar-refractivity contribution in [3.8, 4) is 0 Å². The van der Waals surface area contributed by atoms with Gasteiger partial charge in [-0.3, -0.25) is 14.5 Å². The second-order valence-electron chi connectivity index (χ2n) is 5.92. The number of halogens is 1. The number of amides is 1. The lowest BCUT2D eigenvalue weighted by atomic mass is 9.83. The van der Waals surface area contributed by atoms with E-state index in [0.29, 0.717) is 12.3 Å². The summed E-state index contributed by atoms with van der Waals surface area (Å²) >= 11 is 3.56. The molecule has 5 nitrogen and oxygen atoms in total. The molecule has 0 radical (unpaired) electrons. The normalized spacial score (nSPS) is 25.7. The van der Waals surface area contributed by atoms with E-state index in [-0.39, 0.29) is 25.0 Å². The van der Waals surface area contributed by atoms with Gasteiger partial charge in [-0.15, -0.1) is 0 Å². The van der Waals surface area contributed by atoms with Gasteiger partial charge in [-0.2, -0.15) is 0 Å². The number of fused-ring (bicyclic) bond motifs is 2. The number of benzene rings is 1. The maximum Gasteiger partial charge on any atom is 0.326 e. The third kappa shape index (κ3) is 2.58. The summed E-state index contributed by atoms with van der Waals surface area (Å²) in [6, 6.07) is 5.59. The van der Waals surface area contributed by atoms with Gasteiger partial charge in [-0.05, 0) is 25.5 Å². The maximum absolute atomic E-state index is 13.3. The molecule has 1 aromatic carbocycles. The van der Waals surface area contributed by atoms with Crippen molar-refractivity contribution in [3.63, 3.8) is 0 Å². The average Bonchev–Trinajstić information content (AvgIpc) is 2.68. The first-order valence-electron chi connectivity index (χ1n) is 8.09. The Labute approximate surface area is 149 Å². The molecular weight excluding hydrogens is 374 g/mol. The Morgan fingerprint density at radius 2 is 2.29 bits per heavy atom. The van der Waals surface area contributed by atoms with Crippen molar-refractivity contribution in [3.05, 3.63) is 40.4 Å². The second-order valence-corrected chi connectivity index (χ2v) is 6.77. The fourth-order valence-corrected chi connectivity index (χ4v) is 4.08. The van der Waals surface area contributed by atoms with Gasteiger partial charge in [0.1, 0.15) is 6.54 Å². The average molecular weight is 394 g/mol. The van der Waals surface area contributed by atoms with Gasteiger partial charge in [0, 0.05) is 16.0 Å². The topological polar surface area (TPSA) is 55.8 Å². The van der Waals surface area contributed by atoms with Gasteiger partial charge >= 0.3 is 5.97 Å². The number of hydrogen-bond donors (Lipinski definition) is 0. The molecule has 1 aromatic rings. The van der Waals surface area contributed by atoms with Crippen LogP contribution in [0.1, 0.15) is 25.8 Å². The molecule has 24 heavy (non-hydrogen) atoms. The minimum atomic E-state index is -1.10. The summed E-state index contributed by atoms with van der Waals surface area (Å²) in [6.07, 6.45) is 4.82. The van der Waals surface area contributed by atoms with Crippen LogP contribution in [0.3, 0.4) is 0 Å². The molecule has 0 aliphatic carbocycles. The van der Waals surface area contributed by atoms with Crippen molar-refractivity contribution in [2.45, 2.75) is 25.9 Å². The zero-order valence-electron chi connectivity index (χ0n) is 13.8. The Morgan fingerprint density at radius 3 is 3.04 bits per heavy atom. The summed E-state index contributed by atoms with van der Waals surface area (Å²) < 4.78 is 12.0. The van der Waals surface area contributed by atoms with Crippen LogP contribution in [0.4, 0.5) is 5.69 Å². The first kappa shape index (κ1) is 17.2. The van der Waals surface area contributed by atoms with Gasteiger partial charge in [-0.25, -0.2) is 0 Å². The second kappa shape index (κ2) is 6.69. The van der Waals surface area contributed by atoms with Crippen LogP contribution >= 0.6 is 15.9 Å². The lowest BCUT2D eigenvalue weighted by Crippen LogP contribution is -2.47. The van der Waals surface area contributed by atoms with E-state index >= 15 is 0 Å². The summed E-state index contributed by atoms with van der Waals surface area (Å²) in [4.78, 5) is 26.8. The Balaban J connectivity index is 2.11. The minimum Gasteiger partial charge on any atom is -0.465 e. The molecule has 0 saturated heterocycles. The monoisotopic (exact) mass is 393 g/mol.